The Labute approximate surface area is 115 Å². The summed E-state index contributed by atoms with van der Waals surface area (Å²) in [4.78, 5) is 4.14. The Balaban J connectivity index is 2.14. The molecule has 0 unspecified atom stereocenters. The summed E-state index contributed by atoms with van der Waals surface area (Å²) in [5.41, 5.74) is 8.81. The van der Waals surface area contributed by atoms with Crippen LogP contribution in [-0.4, -0.2) is 15.2 Å². The first kappa shape index (κ1) is 11.8. The van der Waals surface area contributed by atoms with Gasteiger partial charge in [-0.3, -0.25) is 0 Å². The molecule has 0 saturated heterocycles. The van der Waals surface area contributed by atoms with E-state index in [1.165, 1.54) is 0 Å². The predicted molar refractivity (Wildman–Crippen MR) is 77.7 cm³/mol. The van der Waals surface area contributed by atoms with E-state index in [0.29, 0.717) is 5.82 Å². The summed E-state index contributed by atoms with van der Waals surface area (Å²) in [6.07, 6.45) is 1.78. The molecule has 0 amide bonds. The van der Waals surface area contributed by atoms with E-state index in [4.69, 9.17) is 5.73 Å². The average Bonchev–Trinajstić information content (AvgIpc) is 2.86. The number of pyridine rings is 1. The standard InChI is InChI=1S/C14H12N4S/c1-9-17-18-14(19-9)12-5-3-2-4-11(12)10-6-7-13(15)16-8-10/h2-8H,1H3,(H2,15,16). The van der Waals surface area contributed by atoms with E-state index < -0.39 is 0 Å². The number of nitrogens with zero attached hydrogens (tertiary/aromatic N) is 3. The van der Waals surface area contributed by atoms with Gasteiger partial charge in [-0.15, -0.1) is 10.2 Å². The van der Waals surface area contributed by atoms with Crippen molar-refractivity contribution in [2.24, 2.45) is 0 Å². The summed E-state index contributed by atoms with van der Waals surface area (Å²) < 4.78 is 0. The Kier molecular flexibility index (Phi) is 2.97. The molecule has 3 rings (SSSR count). The van der Waals surface area contributed by atoms with E-state index in [2.05, 4.69) is 21.2 Å². The molecule has 0 atom stereocenters. The first-order valence-corrected chi connectivity index (χ1v) is 6.67. The summed E-state index contributed by atoms with van der Waals surface area (Å²) in [6.45, 7) is 1.95. The first-order valence-electron chi connectivity index (χ1n) is 5.85. The largest absolute Gasteiger partial charge is 0.384 e. The summed E-state index contributed by atoms with van der Waals surface area (Å²) >= 11 is 1.59. The number of benzene rings is 1. The Morgan fingerprint density at radius 1 is 1.00 bits per heavy atom. The van der Waals surface area contributed by atoms with Crippen LogP contribution in [0.5, 0.6) is 0 Å². The predicted octanol–water partition coefficient (Wildman–Crippen LogP) is 3.16. The minimum absolute atomic E-state index is 0.521. The van der Waals surface area contributed by atoms with Crippen LogP contribution in [-0.2, 0) is 0 Å². The number of aryl methyl sites for hydroxylation is 1. The van der Waals surface area contributed by atoms with E-state index in [9.17, 15) is 0 Å². The maximum Gasteiger partial charge on any atom is 0.148 e. The smallest absolute Gasteiger partial charge is 0.148 e. The minimum atomic E-state index is 0.521. The number of rotatable bonds is 2. The van der Waals surface area contributed by atoms with Gasteiger partial charge in [0.05, 0.1) is 0 Å². The van der Waals surface area contributed by atoms with Crippen molar-refractivity contribution in [3.8, 4) is 21.7 Å². The molecule has 0 bridgehead atoms. The Morgan fingerprint density at radius 3 is 2.42 bits per heavy atom. The Morgan fingerprint density at radius 2 is 1.79 bits per heavy atom. The molecule has 0 spiro atoms. The minimum Gasteiger partial charge on any atom is -0.384 e. The lowest BCUT2D eigenvalue weighted by Gasteiger charge is -2.06. The van der Waals surface area contributed by atoms with Crippen molar-refractivity contribution in [3.05, 3.63) is 47.6 Å². The summed E-state index contributed by atoms with van der Waals surface area (Å²) in [6, 6.07) is 11.9. The maximum absolute atomic E-state index is 5.63. The van der Waals surface area contributed by atoms with Gasteiger partial charge in [0, 0.05) is 17.3 Å². The van der Waals surface area contributed by atoms with Gasteiger partial charge in [-0.25, -0.2) is 4.98 Å². The lowest BCUT2D eigenvalue weighted by atomic mass is 10.0. The molecule has 0 aliphatic carbocycles. The molecule has 0 aliphatic rings. The van der Waals surface area contributed by atoms with Crippen LogP contribution in [0.2, 0.25) is 0 Å². The van der Waals surface area contributed by atoms with Gasteiger partial charge >= 0.3 is 0 Å². The van der Waals surface area contributed by atoms with Gasteiger partial charge in [-0.05, 0) is 24.6 Å². The zero-order valence-corrected chi connectivity index (χ0v) is 11.2. The molecule has 2 heterocycles. The summed E-state index contributed by atoms with van der Waals surface area (Å²) in [5, 5.41) is 10.2. The highest BCUT2D eigenvalue weighted by molar-refractivity contribution is 7.14. The SMILES string of the molecule is Cc1nnc(-c2ccccc2-c2ccc(N)nc2)s1. The highest BCUT2D eigenvalue weighted by Gasteiger charge is 2.10. The van der Waals surface area contributed by atoms with Gasteiger partial charge in [-0.2, -0.15) is 0 Å². The number of anilines is 1. The van der Waals surface area contributed by atoms with Gasteiger partial charge in [-0.1, -0.05) is 35.6 Å². The van der Waals surface area contributed by atoms with E-state index in [1.54, 1.807) is 23.6 Å². The maximum atomic E-state index is 5.63. The number of nitrogens with two attached hydrogens (primary N) is 1. The van der Waals surface area contributed by atoms with Crippen molar-refractivity contribution in [3.63, 3.8) is 0 Å². The average molecular weight is 268 g/mol. The van der Waals surface area contributed by atoms with E-state index in [0.717, 1.165) is 26.7 Å². The number of hydrogen-bond donors (Lipinski definition) is 1. The molecule has 94 valence electrons. The third-order valence-corrected chi connectivity index (χ3v) is 3.65. The van der Waals surface area contributed by atoms with E-state index in [1.807, 2.05) is 31.2 Å². The van der Waals surface area contributed by atoms with Crippen molar-refractivity contribution in [2.45, 2.75) is 6.92 Å². The van der Waals surface area contributed by atoms with Crippen LogP contribution in [0.15, 0.2) is 42.6 Å². The first-order chi connectivity index (χ1) is 9.24. The summed E-state index contributed by atoms with van der Waals surface area (Å²) in [5.74, 6) is 0.521. The van der Waals surface area contributed by atoms with Crippen LogP contribution in [0, 0.1) is 6.92 Å². The molecule has 3 aromatic rings. The van der Waals surface area contributed by atoms with Crippen LogP contribution in [0.4, 0.5) is 5.82 Å². The second kappa shape index (κ2) is 4.78. The summed E-state index contributed by atoms with van der Waals surface area (Å²) in [7, 11) is 0. The molecule has 1 aromatic carbocycles. The molecule has 0 saturated carbocycles. The second-order valence-electron chi connectivity index (χ2n) is 4.14. The monoisotopic (exact) mass is 268 g/mol. The van der Waals surface area contributed by atoms with Crippen molar-refractivity contribution in [1.82, 2.24) is 15.2 Å². The van der Waals surface area contributed by atoms with Crippen LogP contribution < -0.4 is 5.73 Å². The van der Waals surface area contributed by atoms with Crippen LogP contribution >= 0.6 is 11.3 Å². The molecular formula is C14H12N4S. The third-order valence-electron chi connectivity index (χ3n) is 2.78. The van der Waals surface area contributed by atoms with E-state index in [-0.39, 0.29) is 0 Å². The van der Waals surface area contributed by atoms with Crippen molar-refractivity contribution >= 4 is 17.2 Å². The van der Waals surface area contributed by atoms with Crippen LogP contribution in [0.3, 0.4) is 0 Å². The van der Waals surface area contributed by atoms with Crippen molar-refractivity contribution in [1.29, 1.82) is 0 Å². The molecule has 19 heavy (non-hydrogen) atoms. The lowest BCUT2D eigenvalue weighted by Crippen LogP contribution is -1.90. The zero-order chi connectivity index (χ0) is 13.2. The molecule has 2 aromatic heterocycles. The van der Waals surface area contributed by atoms with Crippen LogP contribution in [0.25, 0.3) is 21.7 Å². The normalized spacial score (nSPS) is 10.6. The molecule has 0 radical (unpaired) electrons. The van der Waals surface area contributed by atoms with Gasteiger partial charge in [0.2, 0.25) is 0 Å². The number of nitrogen functional groups attached to an aromatic ring is 1. The number of aromatic nitrogens is 3. The molecule has 4 nitrogen and oxygen atoms in total. The fourth-order valence-corrected chi connectivity index (χ4v) is 2.62. The fraction of sp³-hybridized carbons (Fsp3) is 0.0714. The highest BCUT2D eigenvalue weighted by Crippen LogP contribution is 2.33. The number of hydrogen-bond acceptors (Lipinski definition) is 5. The van der Waals surface area contributed by atoms with Gasteiger partial charge in [0.25, 0.3) is 0 Å². The molecular weight excluding hydrogens is 256 g/mol. The highest BCUT2D eigenvalue weighted by atomic mass is 32.1. The molecule has 2 N–H and O–H groups in total. The zero-order valence-electron chi connectivity index (χ0n) is 10.4. The van der Waals surface area contributed by atoms with Gasteiger partial charge in [0.1, 0.15) is 15.8 Å². The molecule has 0 fully saturated rings. The topological polar surface area (TPSA) is 64.7 Å². The molecule has 0 aliphatic heterocycles. The van der Waals surface area contributed by atoms with Gasteiger partial charge in [0.15, 0.2) is 0 Å². The van der Waals surface area contributed by atoms with E-state index >= 15 is 0 Å². The molecule has 5 heteroatoms. The second-order valence-corrected chi connectivity index (χ2v) is 5.33. The lowest BCUT2D eigenvalue weighted by molar-refractivity contribution is 1.05. The van der Waals surface area contributed by atoms with Crippen molar-refractivity contribution < 1.29 is 0 Å². The Hall–Kier alpha value is -2.27. The Bertz CT molecular complexity index is 703. The third kappa shape index (κ3) is 2.32. The van der Waals surface area contributed by atoms with Crippen molar-refractivity contribution in [2.75, 3.05) is 5.73 Å². The fourth-order valence-electron chi connectivity index (χ4n) is 1.89. The quantitative estimate of drug-likeness (QED) is 0.775. The van der Waals surface area contributed by atoms with Crippen LogP contribution in [0.1, 0.15) is 5.01 Å². The van der Waals surface area contributed by atoms with Gasteiger partial charge < -0.3 is 5.73 Å².